The largest absolute Gasteiger partial charge is 0.381 e. The minimum absolute atomic E-state index is 0.109. The number of nitrogens with zero attached hydrogens (tertiary/aromatic N) is 1. The first-order valence-electron chi connectivity index (χ1n) is 8.62. The molecule has 3 saturated heterocycles. The summed E-state index contributed by atoms with van der Waals surface area (Å²) < 4.78 is 17.0. The third-order valence-electron chi connectivity index (χ3n) is 5.08. The summed E-state index contributed by atoms with van der Waals surface area (Å²) in [5.41, 5.74) is 0.109. The van der Waals surface area contributed by atoms with Gasteiger partial charge in [-0.3, -0.25) is 4.90 Å². The van der Waals surface area contributed by atoms with E-state index in [2.05, 4.69) is 10.2 Å². The van der Waals surface area contributed by atoms with Crippen molar-refractivity contribution in [1.82, 2.24) is 10.2 Å². The maximum Gasteiger partial charge on any atom is 0.0741 e. The number of nitrogens with one attached hydrogen (secondary N) is 1. The van der Waals surface area contributed by atoms with Crippen LogP contribution >= 0.6 is 0 Å². The summed E-state index contributed by atoms with van der Waals surface area (Å²) in [6.07, 6.45) is 5.68. The van der Waals surface area contributed by atoms with Gasteiger partial charge in [-0.1, -0.05) is 0 Å². The van der Waals surface area contributed by atoms with Gasteiger partial charge in [0.2, 0.25) is 0 Å². The summed E-state index contributed by atoms with van der Waals surface area (Å²) >= 11 is 0. The van der Waals surface area contributed by atoms with E-state index >= 15 is 0 Å². The average molecular weight is 298 g/mol. The summed E-state index contributed by atoms with van der Waals surface area (Å²) in [7, 11) is 0. The lowest BCUT2D eigenvalue weighted by atomic mass is 9.84. The van der Waals surface area contributed by atoms with Gasteiger partial charge in [-0.15, -0.1) is 0 Å². The zero-order chi connectivity index (χ0) is 14.4. The smallest absolute Gasteiger partial charge is 0.0741 e. The number of hydrogen-bond donors (Lipinski definition) is 1. The minimum Gasteiger partial charge on any atom is -0.381 e. The van der Waals surface area contributed by atoms with Crippen molar-refractivity contribution >= 4 is 0 Å². The first-order valence-corrected chi connectivity index (χ1v) is 8.62. The fraction of sp³-hybridized carbons (Fsp3) is 1.00. The summed E-state index contributed by atoms with van der Waals surface area (Å²) in [5, 5.41) is 3.75. The Balaban J connectivity index is 1.33. The molecule has 5 nitrogen and oxygen atoms in total. The van der Waals surface area contributed by atoms with Crippen LogP contribution in [0.15, 0.2) is 0 Å². The Morgan fingerprint density at radius 2 is 1.76 bits per heavy atom. The molecule has 0 aromatic heterocycles. The molecule has 5 heteroatoms. The number of rotatable bonds is 5. The van der Waals surface area contributed by atoms with Crippen LogP contribution in [0.25, 0.3) is 0 Å². The summed E-state index contributed by atoms with van der Waals surface area (Å²) in [5.74, 6) is 0. The Morgan fingerprint density at radius 1 is 1.00 bits per heavy atom. The Hall–Kier alpha value is -0.200. The van der Waals surface area contributed by atoms with Gasteiger partial charge in [0, 0.05) is 39.0 Å². The van der Waals surface area contributed by atoms with E-state index in [-0.39, 0.29) is 5.60 Å². The normalized spacial score (nSPS) is 30.6. The van der Waals surface area contributed by atoms with Gasteiger partial charge in [-0.05, 0) is 45.2 Å². The second kappa shape index (κ2) is 7.88. The Morgan fingerprint density at radius 3 is 2.57 bits per heavy atom. The van der Waals surface area contributed by atoms with Crippen molar-refractivity contribution in [1.29, 1.82) is 0 Å². The second-order valence-corrected chi connectivity index (χ2v) is 6.60. The van der Waals surface area contributed by atoms with E-state index in [1.54, 1.807) is 0 Å². The lowest BCUT2D eigenvalue weighted by Crippen LogP contribution is -2.50. The number of hydrogen-bond acceptors (Lipinski definition) is 5. The van der Waals surface area contributed by atoms with Crippen molar-refractivity contribution in [2.75, 3.05) is 59.2 Å². The molecule has 0 aliphatic carbocycles. The van der Waals surface area contributed by atoms with Crippen LogP contribution < -0.4 is 5.32 Å². The van der Waals surface area contributed by atoms with Crippen molar-refractivity contribution in [2.24, 2.45) is 0 Å². The third kappa shape index (κ3) is 4.63. The van der Waals surface area contributed by atoms with Gasteiger partial charge in [-0.25, -0.2) is 0 Å². The van der Waals surface area contributed by atoms with Crippen LogP contribution in [-0.4, -0.2) is 75.8 Å². The molecule has 0 saturated carbocycles. The first kappa shape index (κ1) is 15.7. The molecule has 122 valence electrons. The van der Waals surface area contributed by atoms with Gasteiger partial charge >= 0.3 is 0 Å². The predicted octanol–water partition coefficient (Wildman–Crippen LogP) is 1.03. The molecule has 3 aliphatic heterocycles. The lowest BCUT2D eigenvalue weighted by molar-refractivity contribution is -0.140. The molecule has 0 aromatic carbocycles. The first-order chi connectivity index (χ1) is 10.4. The van der Waals surface area contributed by atoms with Crippen molar-refractivity contribution in [3.05, 3.63) is 0 Å². The topological polar surface area (TPSA) is 43.0 Å². The van der Waals surface area contributed by atoms with Crippen LogP contribution in [-0.2, 0) is 14.2 Å². The maximum absolute atomic E-state index is 6.10. The fourth-order valence-corrected chi connectivity index (χ4v) is 3.73. The van der Waals surface area contributed by atoms with E-state index in [0.29, 0.717) is 6.04 Å². The van der Waals surface area contributed by atoms with Crippen molar-refractivity contribution < 1.29 is 14.2 Å². The number of ether oxygens (including phenoxy) is 3. The highest BCUT2D eigenvalue weighted by Crippen LogP contribution is 2.34. The summed E-state index contributed by atoms with van der Waals surface area (Å²) in [6.45, 7) is 8.94. The highest BCUT2D eigenvalue weighted by atomic mass is 16.5. The molecular formula is C16H30N2O3. The molecule has 0 bridgehead atoms. The van der Waals surface area contributed by atoms with Crippen LogP contribution in [0.2, 0.25) is 0 Å². The Bertz CT molecular complexity index is 296. The molecule has 1 atom stereocenters. The highest BCUT2D eigenvalue weighted by Gasteiger charge is 2.38. The van der Waals surface area contributed by atoms with Gasteiger partial charge in [0.25, 0.3) is 0 Å². The minimum atomic E-state index is 0.109. The van der Waals surface area contributed by atoms with Gasteiger partial charge < -0.3 is 19.5 Å². The summed E-state index contributed by atoms with van der Waals surface area (Å²) in [6, 6.07) is 0.626. The molecule has 1 unspecified atom stereocenters. The molecule has 1 spiro atoms. The zero-order valence-corrected chi connectivity index (χ0v) is 13.1. The van der Waals surface area contributed by atoms with Crippen LogP contribution in [0, 0.1) is 0 Å². The quantitative estimate of drug-likeness (QED) is 0.768. The molecular weight excluding hydrogens is 268 g/mol. The van der Waals surface area contributed by atoms with E-state index in [4.69, 9.17) is 14.2 Å². The number of morpholine rings is 1. The van der Waals surface area contributed by atoms with Crippen LogP contribution in [0.5, 0.6) is 0 Å². The molecule has 0 radical (unpaired) electrons. The van der Waals surface area contributed by atoms with Crippen molar-refractivity contribution in [3.8, 4) is 0 Å². The molecule has 3 fully saturated rings. The average Bonchev–Trinajstić information content (AvgIpc) is 2.54. The second-order valence-electron chi connectivity index (χ2n) is 6.60. The van der Waals surface area contributed by atoms with Gasteiger partial charge in [0.05, 0.1) is 18.8 Å². The van der Waals surface area contributed by atoms with Crippen LogP contribution in [0.1, 0.15) is 32.1 Å². The molecule has 0 aromatic rings. The predicted molar refractivity (Wildman–Crippen MR) is 81.6 cm³/mol. The molecule has 21 heavy (non-hydrogen) atoms. The third-order valence-corrected chi connectivity index (χ3v) is 5.08. The van der Waals surface area contributed by atoms with E-state index in [1.165, 1.54) is 13.0 Å². The molecule has 1 N–H and O–H groups in total. The Labute approximate surface area is 128 Å². The van der Waals surface area contributed by atoms with Crippen LogP contribution in [0.4, 0.5) is 0 Å². The molecule has 3 rings (SSSR count). The highest BCUT2D eigenvalue weighted by molar-refractivity contribution is 4.91. The van der Waals surface area contributed by atoms with E-state index in [9.17, 15) is 0 Å². The Kier molecular flexibility index (Phi) is 5.89. The molecule has 3 heterocycles. The van der Waals surface area contributed by atoms with E-state index in [1.807, 2.05) is 0 Å². The van der Waals surface area contributed by atoms with E-state index in [0.717, 1.165) is 78.4 Å². The van der Waals surface area contributed by atoms with Gasteiger partial charge in [-0.2, -0.15) is 0 Å². The van der Waals surface area contributed by atoms with Crippen LogP contribution in [0.3, 0.4) is 0 Å². The van der Waals surface area contributed by atoms with Crippen molar-refractivity contribution in [3.63, 3.8) is 0 Å². The summed E-state index contributed by atoms with van der Waals surface area (Å²) in [4.78, 5) is 2.51. The zero-order valence-electron chi connectivity index (χ0n) is 13.1. The monoisotopic (exact) mass is 298 g/mol. The standard InChI is InChI=1S/C16H30N2O3/c1(6-18-7-12-20-13-8-18)5-17-15-2-9-21-16(14-15)3-10-19-11-4-16/h15,17H,1-14H2. The van der Waals surface area contributed by atoms with Gasteiger partial charge in [0.1, 0.15) is 0 Å². The molecule has 3 aliphatic rings. The SMILES string of the molecule is C(CNC1CCOC2(CCOCC2)C1)CN1CCOCC1. The lowest BCUT2D eigenvalue weighted by Gasteiger charge is -2.43. The molecule has 0 amide bonds. The van der Waals surface area contributed by atoms with E-state index < -0.39 is 0 Å². The van der Waals surface area contributed by atoms with Gasteiger partial charge in [0.15, 0.2) is 0 Å². The maximum atomic E-state index is 6.10. The van der Waals surface area contributed by atoms with Crippen molar-refractivity contribution in [2.45, 2.75) is 43.7 Å². The fourth-order valence-electron chi connectivity index (χ4n) is 3.73.